The molecule has 1 heterocycles. The summed E-state index contributed by atoms with van der Waals surface area (Å²) < 4.78 is 35.9. The van der Waals surface area contributed by atoms with E-state index in [1.807, 2.05) is 36.5 Å². The van der Waals surface area contributed by atoms with Crippen LogP contribution in [0.15, 0.2) is 60.9 Å². The maximum Gasteiger partial charge on any atom is 0.387 e. The molecule has 0 saturated carbocycles. The molecule has 0 radical (unpaired) electrons. The third kappa shape index (κ3) is 4.85. The van der Waals surface area contributed by atoms with E-state index < -0.39 is 6.61 Å². The maximum atomic E-state index is 12.4. The summed E-state index contributed by atoms with van der Waals surface area (Å²) in [6.45, 7) is -2.57. The highest BCUT2D eigenvalue weighted by atomic mass is 19.3. The van der Waals surface area contributed by atoms with Crippen molar-refractivity contribution in [3.05, 3.63) is 72.1 Å². The van der Waals surface area contributed by atoms with E-state index >= 15 is 0 Å². The van der Waals surface area contributed by atoms with Crippen molar-refractivity contribution in [3.63, 3.8) is 0 Å². The monoisotopic (exact) mass is 387 g/mol. The zero-order chi connectivity index (χ0) is 19.9. The van der Waals surface area contributed by atoms with E-state index in [4.69, 9.17) is 4.74 Å². The number of amides is 1. The number of carbonyl (C=O) groups excluding carboxylic acids is 1. The summed E-state index contributed by atoms with van der Waals surface area (Å²) in [5.74, 6) is -0.392. The number of carbonyl (C=O) groups is 1. The van der Waals surface area contributed by atoms with Crippen molar-refractivity contribution in [2.45, 2.75) is 13.0 Å². The minimum atomic E-state index is -2.97. The van der Waals surface area contributed by atoms with Crippen molar-refractivity contribution < 1.29 is 23.0 Å². The van der Waals surface area contributed by atoms with Crippen LogP contribution in [-0.4, -0.2) is 36.0 Å². The molecule has 0 aliphatic heterocycles. The van der Waals surface area contributed by atoms with E-state index in [9.17, 15) is 13.6 Å². The number of ether oxygens (including phenoxy) is 2. The Kier molecular flexibility index (Phi) is 6.21. The van der Waals surface area contributed by atoms with Crippen molar-refractivity contribution >= 4 is 5.91 Å². The van der Waals surface area contributed by atoms with Crippen LogP contribution in [0.25, 0.3) is 5.69 Å². The Morgan fingerprint density at radius 2 is 1.96 bits per heavy atom. The first kappa shape index (κ1) is 19.3. The SMILES string of the molecule is COc1cc(C(=O)NCCc2cnn(-c3ccccc3)c2)ccc1OC(F)F. The van der Waals surface area contributed by atoms with Gasteiger partial charge >= 0.3 is 6.61 Å². The van der Waals surface area contributed by atoms with Gasteiger partial charge in [-0.15, -0.1) is 0 Å². The predicted octanol–water partition coefficient (Wildman–Crippen LogP) is 3.45. The fraction of sp³-hybridized carbons (Fsp3) is 0.200. The fourth-order valence-electron chi connectivity index (χ4n) is 2.64. The Balaban J connectivity index is 1.57. The molecular weight excluding hydrogens is 368 g/mol. The third-order valence-electron chi connectivity index (χ3n) is 4.00. The van der Waals surface area contributed by atoms with Crippen LogP contribution < -0.4 is 14.8 Å². The molecule has 0 spiro atoms. The number of aromatic nitrogens is 2. The normalized spacial score (nSPS) is 10.7. The zero-order valence-electron chi connectivity index (χ0n) is 15.1. The molecule has 146 valence electrons. The molecule has 1 N–H and O–H groups in total. The molecule has 0 unspecified atom stereocenters. The number of hydrogen-bond acceptors (Lipinski definition) is 4. The lowest BCUT2D eigenvalue weighted by molar-refractivity contribution is -0.0512. The summed E-state index contributed by atoms with van der Waals surface area (Å²) in [7, 11) is 1.32. The number of nitrogens with zero attached hydrogens (tertiary/aromatic N) is 2. The maximum absolute atomic E-state index is 12.4. The highest BCUT2D eigenvalue weighted by molar-refractivity contribution is 5.94. The number of hydrogen-bond donors (Lipinski definition) is 1. The number of nitrogens with one attached hydrogen (secondary N) is 1. The number of para-hydroxylation sites is 1. The Hall–Kier alpha value is -3.42. The summed E-state index contributed by atoms with van der Waals surface area (Å²) in [5, 5.41) is 7.10. The largest absolute Gasteiger partial charge is 0.493 e. The van der Waals surface area contributed by atoms with Crippen molar-refractivity contribution in [2.24, 2.45) is 0 Å². The van der Waals surface area contributed by atoms with Gasteiger partial charge < -0.3 is 14.8 Å². The molecule has 3 aromatic rings. The van der Waals surface area contributed by atoms with E-state index in [1.165, 1.54) is 25.3 Å². The van der Waals surface area contributed by atoms with Gasteiger partial charge in [-0.3, -0.25) is 4.79 Å². The Morgan fingerprint density at radius 1 is 1.18 bits per heavy atom. The van der Waals surface area contributed by atoms with Crippen molar-refractivity contribution in [1.82, 2.24) is 15.1 Å². The van der Waals surface area contributed by atoms with Gasteiger partial charge in [0, 0.05) is 18.3 Å². The number of halogens is 2. The van der Waals surface area contributed by atoms with Crippen molar-refractivity contribution in [3.8, 4) is 17.2 Å². The van der Waals surface area contributed by atoms with Gasteiger partial charge in [0.2, 0.25) is 0 Å². The summed E-state index contributed by atoms with van der Waals surface area (Å²) in [6, 6.07) is 13.8. The summed E-state index contributed by atoms with van der Waals surface area (Å²) in [4.78, 5) is 12.3. The molecule has 2 aromatic carbocycles. The number of rotatable bonds is 8. The number of benzene rings is 2. The van der Waals surface area contributed by atoms with E-state index in [-0.39, 0.29) is 17.4 Å². The smallest absolute Gasteiger partial charge is 0.387 e. The summed E-state index contributed by atoms with van der Waals surface area (Å²) in [6.07, 6.45) is 4.25. The summed E-state index contributed by atoms with van der Waals surface area (Å²) >= 11 is 0. The molecule has 28 heavy (non-hydrogen) atoms. The fourth-order valence-corrected chi connectivity index (χ4v) is 2.64. The molecule has 0 atom stereocenters. The van der Waals surface area contributed by atoms with E-state index in [0.29, 0.717) is 18.5 Å². The molecule has 0 saturated heterocycles. The lowest BCUT2D eigenvalue weighted by Gasteiger charge is -2.11. The highest BCUT2D eigenvalue weighted by Crippen LogP contribution is 2.29. The molecule has 0 bridgehead atoms. The van der Waals surface area contributed by atoms with Gasteiger partial charge in [0.05, 0.1) is 19.0 Å². The molecule has 8 heteroatoms. The van der Waals surface area contributed by atoms with Gasteiger partial charge in [-0.2, -0.15) is 13.9 Å². The second-order valence-corrected chi connectivity index (χ2v) is 5.88. The molecular formula is C20H19F2N3O3. The average Bonchev–Trinajstić information content (AvgIpc) is 3.17. The molecule has 1 amide bonds. The first-order valence-electron chi connectivity index (χ1n) is 8.57. The van der Waals surface area contributed by atoms with Crippen LogP contribution in [0.4, 0.5) is 8.78 Å². The molecule has 1 aromatic heterocycles. The van der Waals surface area contributed by atoms with Crippen LogP contribution in [0.1, 0.15) is 15.9 Å². The second-order valence-electron chi connectivity index (χ2n) is 5.88. The van der Waals surface area contributed by atoms with Gasteiger partial charge in [-0.05, 0) is 42.3 Å². The molecule has 3 rings (SSSR count). The molecule has 6 nitrogen and oxygen atoms in total. The quantitative estimate of drug-likeness (QED) is 0.643. The van der Waals surface area contributed by atoms with Gasteiger partial charge in [0.25, 0.3) is 5.91 Å². The standard InChI is InChI=1S/C20H19F2N3O3/c1-27-18-11-15(7-8-17(18)28-20(21)22)19(26)23-10-9-14-12-24-25(13-14)16-5-3-2-4-6-16/h2-8,11-13,20H,9-10H2,1H3,(H,23,26). The van der Waals surface area contributed by atoms with Crippen LogP contribution in [0.3, 0.4) is 0 Å². The molecule has 0 aliphatic rings. The lowest BCUT2D eigenvalue weighted by Crippen LogP contribution is -2.25. The van der Waals surface area contributed by atoms with Crippen LogP contribution in [0, 0.1) is 0 Å². The van der Waals surface area contributed by atoms with E-state index in [1.54, 1.807) is 10.9 Å². The zero-order valence-corrected chi connectivity index (χ0v) is 15.1. The van der Waals surface area contributed by atoms with Crippen LogP contribution in [-0.2, 0) is 6.42 Å². The molecule has 0 fully saturated rings. The van der Waals surface area contributed by atoms with Crippen molar-refractivity contribution in [1.29, 1.82) is 0 Å². The predicted molar refractivity (Wildman–Crippen MR) is 99.2 cm³/mol. The van der Waals surface area contributed by atoms with Gasteiger partial charge in [-0.25, -0.2) is 4.68 Å². The first-order valence-corrected chi connectivity index (χ1v) is 8.57. The number of methoxy groups -OCH3 is 1. The van der Waals surface area contributed by atoms with E-state index in [2.05, 4.69) is 15.2 Å². The average molecular weight is 387 g/mol. The van der Waals surface area contributed by atoms with Crippen LogP contribution in [0.2, 0.25) is 0 Å². The van der Waals surface area contributed by atoms with Gasteiger partial charge in [0.15, 0.2) is 11.5 Å². The van der Waals surface area contributed by atoms with Gasteiger partial charge in [-0.1, -0.05) is 18.2 Å². The Morgan fingerprint density at radius 3 is 2.68 bits per heavy atom. The number of alkyl halides is 2. The van der Waals surface area contributed by atoms with Gasteiger partial charge in [0.1, 0.15) is 0 Å². The Labute approximate surface area is 160 Å². The Bertz CT molecular complexity index is 929. The summed E-state index contributed by atoms with van der Waals surface area (Å²) in [5.41, 5.74) is 2.22. The minimum absolute atomic E-state index is 0.0667. The minimum Gasteiger partial charge on any atom is -0.493 e. The lowest BCUT2D eigenvalue weighted by atomic mass is 10.2. The highest BCUT2D eigenvalue weighted by Gasteiger charge is 2.14. The molecule has 0 aliphatic carbocycles. The first-order chi connectivity index (χ1) is 13.6. The van der Waals surface area contributed by atoms with Crippen LogP contribution >= 0.6 is 0 Å². The third-order valence-corrected chi connectivity index (χ3v) is 4.00. The van der Waals surface area contributed by atoms with Crippen molar-refractivity contribution in [2.75, 3.05) is 13.7 Å². The topological polar surface area (TPSA) is 65.4 Å². The van der Waals surface area contributed by atoms with E-state index in [0.717, 1.165) is 11.3 Å². The second kappa shape index (κ2) is 8.98. The van der Waals surface area contributed by atoms with Crippen LogP contribution in [0.5, 0.6) is 11.5 Å².